The number of aldehydes is 2. The van der Waals surface area contributed by atoms with Crippen LogP contribution in [0, 0.1) is 51.4 Å². The molecule has 75 heavy (non-hydrogen) atoms. The van der Waals surface area contributed by atoms with Crippen LogP contribution in [0.5, 0.6) is 40.2 Å². The summed E-state index contributed by atoms with van der Waals surface area (Å²) >= 11 is 0. The summed E-state index contributed by atoms with van der Waals surface area (Å²) in [4.78, 5) is 54.8. The van der Waals surface area contributed by atoms with E-state index in [9.17, 15) is 39.3 Å². The van der Waals surface area contributed by atoms with E-state index in [2.05, 4.69) is 0 Å². The minimum Gasteiger partial charge on any atom is -0.493 e. The molecule has 0 fully saturated rings. The van der Waals surface area contributed by atoms with Gasteiger partial charge in [0.1, 0.15) is 31.5 Å². The Morgan fingerprint density at radius 2 is 0.987 bits per heavy atom. The Balaban J connectivity index is 0.000000510. The lowest BCUT2D eigenvalue weighted by molar-refractivity contribution is -0.154. The highest BCUT2D eigenvalue weighted by molar-refractivity contribution is 5.79. The number of aliphatic hydroxyl groups excluding tert-OH is 3. The number of aliphatic hydroxyl groups is 3. The lowest BCUT2D eigenvalue weighted by Gasteiger charge is -2.26. The van der Waals surface area contributed by atoms with Crippen molar-refractivity contribution in [3.63, 3.8) is 0 Å². The number of benzene rings is 4. The third-order valence-electron chi connectivity index (χ3n) is 11.3. The molecule has 0 aromatic heterocycles. The second-order valence-corrected chi connectivity index (χ2v) is 19.2. The summed E-state index contributed by atoms with van der Waals surface area (Å²) in [6, 6.07) is 15.6. The molecule has 0 radical (unpaired) electrons. The molecule has 4 aromatic carbocycles. The molecule has 0 aliphatic carbocycles. The molecular formula is C59H84O16. The van der Waals surface area contributed by atoms with Gasteiger partial charge in [0.15, 0.2) is 46.1 Å². The predicted octanol–water partition coefficient (Wildman–Crippen LogP) is 10.3. The van der Waals surface area contributed by atoms with Crippen molar-refractivity contribution in [2.24, 2.45) is 23.7 Å². The van der Waals surface area contributed by atoms with Crippen molar-refractivity contribution in [1.82, 2.24) is 0 Å². The van der Waals surface area contributed by atoms with Crippen molar-refractivity contribution in [3.8, 4) is 40.2 Å². The summed E-state index contributed by atoms with van der Waals surface area (Å²) in [5, 5.41) is 30.8. The van der Waals surface area contributed by atoms with E-state index in [1.54, 1.807) is 70.5 Å². The maximum Gasteiger partial charge on any atom is 0.312 e. The number of esters is 1. The molecule has 4 rings (SSSR count). The fraction of sp³-hybridized carbons (Fsp3) is 0.508. The zero-order valence-electron chi connectivity index (χ0n) is 47.4. The standard InChI is InChI=1S/C19H30O5.C17H28O4.C12H14O4.C11H12O3/c1-8-23-19(21)16(11(2)3)17(20)14-9-13(6)18(24-12(4)5)15(10-14)22-7;1-10(2)14(9-18)16(19)13-7-12(5)17(21-11(3)4)15(8-13)20-6;1-8-4-10(6-13)5-11(15-3)12(8)16-7-9(2)14;1-8-5-10(6-12)3-4-11(8)14-7-9(2)13/h9-12,16-17,20H,8H2,1-7H3;7-8,10-11,14,16,18-19H,9H2,1-6H3;4-6H,7H2,1-3H3;3-6H,7H2,1-2H3. The minimum atomic E-state index is -0.968. The molecule has 16 heteroatoms. The number of carbonyl (C=O) groups is 5. The van der Waals surface area contributed by atoms with Crippen LogP contribution >= 0.6 is 0 Å². The van der Waals surface area contributed by atoms with Crippen LogP contribution in [0.2, 0.25) is 0 Å². The summed E-state index contributed by atoms with van der Waals surface area (Å²) in [5.41, 5.74) is 5.88. The van der Waals surface area contributed by atoms with Crippen LogP contribution < -0.4 is 33.2 Å². The molecule has 0 aliphatic rings. The van der Waals surface area contributed by atoms with Gasteiger partial charge in [-0.2, -0.15) is 0 Å². The Labute approximate surface area is 444 Å². The number of aryl methyl sites for hydroxylation is 4. The quantitative estimate of drug-likeness (QED) is 0.0439. The van der Waals surface area contributed by atoms with Gasteiger partial charge in [-0.15, -0.1) is 0 Å². The van der Waals surface area contributed by atoms with E-state index in [4.69, 9.17) is 37.9 Å². The van der Waals surface area contributed by atoms with Crippen molar-refractivity contribution >= 4 is 30.1 Å². The molecule has 0 saturated carbocycles. The molecule has 0 bridgehead atoms. The van der Waals surface area contributed by atoms with Gasteiger partial charge in [0, 0.05) is 23.7 Å². The fourth-order valence-corrected chi connectivity index (χ4v) is 7.52. The van der Waals surface area contributed by atoms with Crippen LogP contribution in [0.1, 0.15) is 142 Å². The third-order valence-corrected chi connectivity index (χ3v) is 11.3. The van der Waals surface area contributed by atoms with Gasteiger partial charge >= 0.3 is 5.97 Å². The highest BCUT2D eigenvalue weighted by Gasteiger charge is 2.33. The molecule has 16 nitrogen and oxygen atoms in total. The summed E-state index contributed by atoms with van der Waals surface area (Å²) in [7, 11) is 4.64. The van der Waals surface area contributed by atoms with E-state index in [0.29, 0.717) is 56.9 Å². The van der Waals surface area contributed by atoms with Crippen LogP contribution in [0.3, 0.4) is 0 Å². The topological polar surface area (TPSA) is 220 Å². The maximum atomic E-state index is 12.2. The number of rotatable bonds is 24. The van der Waals surface area contributed by atoms with E-state index >= 15 is 0 Å². The van der Waals surface area contributed by atoms with Gasteiger partial charge in [0.2, 0.25) is 0 Å². The molecule has 0 aliphatic heterocycles. The Morgan fingerprint density at radius 1 is 0.547 bits per heavy atom. The normalized spacial score (nSPS) is 12.3. The van der Waals surface area contributed by atoms with Crippen LogP contribution in [-0.4, -0.2) is 105 Å². The highest BCUT2D eigenvalue weighted by atomic mass is 16.5. The molecule has 4 atom stereocenters. The summed E-state index contributed by atoms with van der Waals surface area (Å²) in [6.45, 7) is 28.0. The predicted molar refractivity (Wildman–Crippen MR) is 289 cm³/mol. The number of hydrogen-bond acceptors (Lipinski definition) is 16. The SMILES string of the molecule is CC(=O)COc1ccc(C=O)cc1C.CCOC(=O)C(C(C)C)C(O)c1cc(C)c(OC(C)C)c(OC)c1.COc1cc(C(O)C(CO)C(C)C)cc(C)c1OC(C)C.COc1cc(C=O)cc(C)c1OCC(C)=O. The monoisotopic (exact) mass is 1050 g/mol. The number of ketones is 2. The van der Waals surface area contributed by atoms with Crippen LogP contribution in [0.25, 0.3) is 0 Å². The zero-order chi connectivity index (χ0) is 57.3. The van der Waals surface area contributed by atoms with Gasteiger partial charge in [-0.25, -0.2) is 0 Å². The Kier molecular flexibility index (Phi) is 29.7. The van der Waals surface area contributed by atoms with Gasteiger partial charge in [-0.1, -0.05) is 27.7 Å². The first-order valence-electron chi connectivity index (χ1n) is 25.0. The van der Waals surface area contributed by atoms with Crippen molar-refractivity contribution in [1.29, 1.82) is 0 Å². The Bertz CT molecular complexity index is 2440. The second-order valence-electron chi connectivity index (χ2n) is 19.2. The highest BCUT2D eigenvalue weighted by Crippen LogP contribution is 2.40. The zero-order valence-corrected chi connectivity index (χ0v) is 47.4. The smallest absolute Gasteiger partial charge is 0.312 e. The lowest BCUT2D eigenvalue weighted by Crippen LogP contribution is -2.29. The third kappa shape index (κ3) is 21.7. The number of carbonyl (C=O) groups excluding carboxylic acids is 5. The molecule has 0 saturated heterocycles. The Hall–Kier alpha value is -6.49. The molecule has 4 unspecified atom stereocenters. The Morgan fingerprint density at radius 3 is 1.37 bits per heavy atom. The second kappa shape index (κ2) is 33.4. The molecular weight excluding hydrogens is 965 g/mol. The van der Waals surface area contributed by atoms with Crippen molar-refractivity contribution < 1.29 is 77.2 Å². The molecule has 416 valence electrons. The molecule has 0 spiro atoms. The fourth-order valence-electron chi connectivity index (χ4n) is 7.52. The van der Waals surface area contributed by atoms with Gasteiger partial charge in [-0.3, -0.25) is 24.0 Å². The van der Waals surface area contributed by atoms with Gasteiger partial charge in [0.05, 0.1) is 58.3 Å². The number of ether oxygens (including phenoxy) is 8. The van der Waals surface area contributed by atoms with E-state index in [0.717, 1.165) is 40.4 Å². The first-order chi connectivity index (χ1) is 35.2. The molecule has 3 N–H and O–H groups in total. The van der Waals surface area contributed by atoms with Crippen LogP contribution in [-0.2, 0) is 19.1 Å². The first kappa shape index (κ1) is 66.5. The van der Waals surface area contributed by atoms with Crippen LogP contribution in [0.15, 0.2) is 54.6 Å². The summed E-state index contributed by atoms with van der Waals surface area (Å²) in [5.74, 6) is 2.93. The maximum absolute atomic E-state index is 12.2. The van der Waals surface area contributed by atoms with Gasteiger partial charge in [-0.05, 0) is 176 Å². The molecule has 0 amide bonds. The largest absolute Gasteiger partial charge is 0.493 e. The summed E-state index contributed by atoms with van der Waals surface area (Å²) < 4.78 is 43.2. The van der Waals surface area contributed by atoms with E-state index in [1.165, 1.54) is 21.0 Å². The molecule has 4 aromatic rings. The van der Waals surface area contributed by atoms with Crippen molar-refractivity contribution in [2.75, 3.05) is 47.8 Å². The lowest BCUT2D eigenvalue weighted by atomic mass is 9.86. The van der Waals surface area contributed by atoms with E-state index in [-0.39, 0.29) is 73.9 Å². The average Bonchev–Trinajstić information content (AvgIpc) is 3.34. The number of methoxy groups -OCH3 is 3. The van der Waals surface area contributed by atoms with Gasteiger partial charge in [0.25, 0.3) is 0 Å². The van der Waals surface area contributed by atoms with Gasteiger partial charge < -0.3 is 53.2 Å². The average molecular weight is 1050 g/mol. The van der Waals surface area contributed by atoms with Crippen molar-refractivity contribution in [3.05, 3.63) is 99.1 Å². The van der Waals surface area contributed by atoms with E-state index in [1.807, 2.05) is 88.3 Å². The number of hydrogen-bond donors (Lipinski definition) is 3. The van der Waals surface area contributed by atoms with E-state index < -0.39 is 18.1 Å². The first-order valence-corrected chi connectivity index (χ1v) is 25.0. The number of Topliss-reactive ketones (excluding diaryl/α,β-unsaturated/α-hetero) is 2. The van der Waals surface area contributed by atoms with Crippen molar-refractivity contribution in [2.45, 2.75) is 128 Å². The minimum absolute atomic E-state index is 0.00235. The summed E-state index contributed by atoms with van der Waals surface area (Å²) in [6.07, 6.45) is -0.113. The molecule has 0 heterocycles. The van der Waals surface area contributed by atoms with Crippen LogP contribution in [0.4, 0.5) is 0 Å².